The maximum atomic E-state index is 11.5. The first kappa shape index (κ1) is 25.1. The molecule has 0 aromatic heterocycles. The van der Waals surface area contributed by atoms with Crippen molar-refractivity contribution < 1.29 is 4.79 Å². The number of ketones is 1. The molecule has 3 nitrogen and oxygen atoms in total. The van der Waals surface area contributed by atoms with Crippen molar-refractivity contribution >= 4 is 5.78 Å². The van der Waals surface area contributed by atoms with Crippen molar-refractivity contribution in [2.45, 2.75) is 129 Å². The van der Waals surface area contributed by atoms with Crippen LogP contribution in [-0.2, 0) is 4.79 Å². The molecule has 26 heavy (non-hydrogen) atoms. The fraction of sp³-hybridized carbons (Fsp3) is 0.913. The molecule has 0 rings (SSSR count). The zero-order valence-electron chi connectivity index (χ0n) is 17.7. The van der Waals surface area contributed by atoms with Gasteiger partial charge in [-0.15, -0.1) is 0 Å². The average Bonchev–Trinajstić information content (AvgIpc) is 2.64. The third-order valence-corrected chi connectivity index (χ3v) is 5.22. The van der Waals surface area contributed by atoms with E-state index in [2.05, 4.69) is 12.2 Å². The topological polar surface area (TPSA) is 52.9 Å². The van der Waals surface area contributed by atoms with Crippen LogP contribution in [0.1, 0.15) is 123 Å². The van der Waals surface area contributed by atoms with E-state index in [-0.39, 0.29) is 18.2 Å². The SMILES string of the molecule is CCCCCCCCCCCCCCCCCCN[C@H](C)C(=O)CC#N. The zero-order valence-corrected chi connectivity index (χ0v) is 17.7. The van der Waals surface area contributed by atoms with E-state index >= 15 is 0 Å². The lowest BCUT2D eigenvalue weighted by molar-refractivity contribution is -0.119. The Balaban J connectivity index is 3.14. The Morgan fingerprint density at radius 3 is 1.54 bits per heavy atom. The number of unbranched alkanes of at least 4 members (excludes halogenated alkanes) is 15. The third kappa shape index (κ3) is 17.9. The highest BCUT2D eigenvalue weighted by atomic mass is 16.1. The van der Waals surface area contributed by atoms with Gasteiger partial charge in [0.1, 0.15) is 0 Å². The molecule has 0 aliphatic heterocycles. The molecule has 0 saturated carbocycles. The van der Waals surface area contributed by atoms with Gasteiger partial charge >= 0.3 is 0 Å². The summed E-state index contributed by atoms with van der Waals surface area (Å²) >= 11 is 0. The molecule has 0 aliphatic rings. The van der Waals surface area contributed by atoms with Gasteiger partial charge in [-0.05, 0) is 19.9 Å². The fourth-order valence-electron chi connectivity index (χ4n) is 3.34. The van der Waals surface area contributed by atoms with Crippen LogP contribution < -0.4 is 5.32 Å². The minimum Gasteiger partial charge on any atom is -0.308 e. The summed E-state index contributed by atoms with van der Waals surface area (Å²) in [5.74, 6) is 0.00370. The van der Waals surface area contributed by atoms with Crippen LogP contribution in [0.4, 0.5) is 0 Å². The highest BCUT2D eigenvalue weighted by Gasteiger charge is 2.10. The number of rotatable bonds is 20. The van der Waals surface area contributed by atoms with Gasteiger partial charge in [-0.1, -0.05) is 103 Å². The minimum absolute atomic E-state index is 0.00370. The summed E-state index contributed by atoms with van der Waals surface area (Å²) in [7, 11) is 0. The third-order valence-electron chi connectivity index (χ3n) is 5.22. The average molecular weight is 365 g/mol. The summed E-state index contributed by atoms with van der Waals surface area (Å²) in [4.78, 5) is 11.5. The van der Waals surface area contributed by atoms with Gasteiger partial charge in [-0.25, -0.2) is 0 Å². The first-order chi connectivity index (χ1) is 12.7. The van der Waals surface area contributed by atoms with Crippen LogP contribution in [0.2, 0.25) is 0 Å². The Kier molecular flexibility index (Phi) is 19.7. The quantitative estimate of drug-likeness (QED) is 0.244. The van der Waals surface area contributed by atoms with Crippen LogP contribution in [0, 0.1) is 11.3 Å². The van der Waals surface area contributed by atoms with Crippen LogP contribution in [0.5, 0.6) is 0 Å². The lowest BCUT2D eigenvalue weighted by Gasteiger charge is -2.10. The molecule has 0 aromatic rings. The van der Waals surface area contributed by atoms with Gasteiger partial charge in [0.15, 0.2) is 5.78 Å². The molecule has 0 unspecified atom stereocenters. The number of nitriles is 1. The van der Waals surface area contributed by atoms with Crippen LogP contribution in [0.25, 0.3) is 0 Å². The molecule has 0 spiro atoms. The van der Waals surface area contributed by atoms with Gasteiger partial charge in [-0.2, -0.15) is 5.26 Å². The van der Waals surface area contributed by atoms with Crippen LogP contribution in [0.3, 0.4) is 0 Å². The maximum absolute atomic E-state index is 11.5. The van der Waals surface area contributed by atoms with Crippen molar-refractivity contribution in [1.29, 1.82) is 5.26 Å². The number of Topliss-reactive ketones (excluding diaryl/α,β-unsaturated/α-hetero) is 1. The summed E-state index contributed by atoms with van der Waals surface area (Å²) in [5.41, 5.74) is 0. The number of nitrogens with zero attached hydrogens (tertiary/aromatic N) is 1. The summed E-state index contributed by atoms with van der Waals surface area (Å²) < 4.78 is 0. The summed E-state index contributed by atoms with van der Waals surface area (Å²) in [6, 6.07) is 1.74. The van der Waals surface area contributed by atoms with Crippen LogP contribution >= 0.6 is 0 Å². The maximum Gasteiger partial charge on any atom is 0.163 e. The van der Waals surface area contributed by atoms with Crippen molar-refractivity contribution in [3.63, 3.8) is 0 Å². The number of carbonyl (C=O) groups is 1. The van der Waals surface area contributed by atoms with Gasteiger partial charge in [0.05, 0.1) is 18.5 Å². The van der Waals surface area contributed by atoms with E-state index < -0.39 is 0 Å². The highest BCUT2D eigenvalue weighted by Crippen LogP contribution is 2.13. The van der Waals surface area contributed by atoms with Gasteiger partial charge < -0.3 is 5.32 Å². The van der Waals surface area contributed by atoms with Gasteiger partial charge in [0.25, 0.3) is 0 Å². The predicted molar refractivity (Wildman–Crippen MR) is 112 cm³/mol. The molecule has 0 aliphatic carbocycles. The smallest absolute Gasteiger partial charge is 0.163 e. The summed E-state index contributed by atoms with van der Waals surface area (Å²) in [6.07, 6.45) is 22.1. The molecule has 0 bridgehead atoms. The van der Waals surface area contributed by atoms with Crippen molar-refractivity contribution in [2.75, 3.05) is 6.54 Å². The van der Waals surface area contributed by atoms with Crippen LogP contribution in [0.15, 0.2) is 0 Å². The zero-order chi connectivity index (χ0) is 19.3. The van der Waals surface area contributed by atoms with E-state index in [1.54, 1.807) is 0 Å². The molecule has 1 atom stereocenters. The Hall–Kier alpha value is -0.880. The largest absolute Gasteiger partial charge is 0.308 e. The molecule has 0 saturated heterocycles. The number of hydrogen-bond acceptors (Lipinski definition) is 3. The van der Waals surface area contributed by atoms with E-state index in [0.717, 1.165) is 13.0 Å². The Morgan fingerprint density at radius 2 is 1.15 bits per heavy atom. The van der Waals surface area contributed by atoms with Crippen molar-refractivity contribution in [3.8, 4) is 6.07 Å². The number of carbonyl (C=O) groups excluding carboxylic acids is 1. The van der Waals surface area contributed by atoms with E-state index in [0.29, 0.717) is 0 Å². The summed E-state index contributed by atoms with van der Waals surface area (Å²) in [5, 5.41) is 11.7. The number of hydrogen-bond donors (Lipinski definition) is 1. The molecule has 0 fully saturated rings. The molecule has 152 valence electrons. The second-order valence-corrected chi connectivity index (χ2v) is 7.78. The predicted octanol–water partition coefficient (Wildman–Crippen LogP) is 6.71. The second-order valence-electron chi connectivity index (χ2n) is 7.78. The first-order valence-electron chi connectivity index (χ1n) is 11.4. The molecule has 0 amide bonds. The molecule has 3 heteroatoms. The van der Waals surface area contributed by atoms with E-state index in [4.69, 9.17) is 5.26 Å². The van der Waals surface area contributed by atoms with Crippen molar-refractivity contribution in [1.82, 2.24) is 5.32 Å². The van der Waals surface area contributed by atoms with Gasteiger partial charge in [-0.3, -0.25) is 4.79 Å². The standard InChI is InChI=1S/C23H44N2O/c1-3-4-5-6-7-8-9-10-11-12-13-14-15-16-17-18-21-25-22(2)23(26)19-20-24/h22,25H,3-19,21H2,1-2H3/t22-/m1/s1. The summed E-state index contributed by atoms with van der Waals surface area (Å²) in [6.45, 7) is 5.02. The first-order valence-corrected chi connectivity index (χ1v) is 11.4. The highest BCUT2D eigenvalue weighted by molar-refractivity contribution is 5.85. The number of nitrogens with one attached hydrogen (secondary N) is 1. The van der Waals surface area contributed by atoms with E-state index in [1.807, 2.05) is 13.0 Å². The van der Waals surface area contributed by atoms with Crippen molar-refractivity contribution in [3.05, 3.63) is 0 Å². The molecular weight excluding hydrogens is 320 g/mol. The molecule has 0 aromatic carbocycles. The van der Waals surface area contributed by atoms with Crippen molar-refractivity contribution in [2.24, 2.45) is 0 Å². The molecule has 0 heterocycles. The Morgan fingerprint density at radius 1 is 0.769 bits per heavy atom. The van der Waals surface area contributed by atoms with Crippen LogP contribution in [-0.4, -0.2) is 18.4 Å². The monoisotopic (exact) mass is 364 g/mol. The second kappa shape index (κ2) is 20.4. The molecule has 1 N–H and O–H groups in total. The Bertz CT molecular complexity index is 349. The lowest BCUT2D eigenvalue weighted by atomic mass is 10.0. The normalized spacial score (nSPS) is 12.0. The van der Waals surface area contributed by atoms with Gasteiger partial charge in [0.2, 0.25) is 0 Å². The molecular formula is C23H44N2O. The fourth-order valence-corrected chi connectivity index (χ4v) is 3.34. The van der Waals surface area contributed by atoms with E-state index in [1.165, 1.54) is 96.3 Å². The molecule has 0 radical (unpaired) electrons. The Labute approximate surface area is 163 Å². The van der Waals surface area contributed by atoms with E-state index in [9.17, 15) is 4.79 Å². The van der Waals surface area contributed by atoms with Gasteiger partial charge in [0, 0.05) is 0 Å². The lowest BCUT2D eigenvalue weighted by Crippen LogP contribution is -2.34. The minimum atomic E-state index is -0.175.